The molecule has 0 bridgehead atoms. The number of aryl methyl sites for hydroxylation is 1. The number of halogens is 1. The van der Waals surface area contributed by atoms with E-state index in [-0.39, 0.29) is 29.1 Å². The molecule has 1 amide bonds. The van der Waals surface area contributed by atoms with Gasteiger partial charge in [-0.1, -0.05) is 6.07 Å². The highest BCUT2D eigenvalue weighted by atomic mass is 32.2. The van der Waals surface area contributed by atoms with E-state index in [1.165, 1.54) is 25.2 Å². The van der Waals surface area contributed by atoms with Crippen molar-refractivity contribution in [1.29, 1.82) is 5.26 Å². The maximum atomic E-state index is 13.6. The van der Waals surface area contributed by atoms with Crippen molar-refractivity contribution in [2.75, 3.05) is 25.5 Å². The molecule has 0 saturated heterocycles. The Labute approximate surface area is 163 Å². The van der Waals surface area contributed by atoms with Crippen LogP contribution >= 0.6 is 0 Å². The minimum atomic E-state index is -3.69. The van der Waals surface area contributed by atoms with Crippen LogP contribution in [0.25, 0.3) is 0 Å². The summed E-state index contributed by atoms with van der Waals surface area (Å²) in [7, 11) is -2.38. The zero-order valence-electron chi connectivity index (χ0n) is 15.8. The molecule has 3 N–H and O–H groups in total. The van der Waals surface area contributed by atoms with Gasteiger partial charge in [-0.05, 0) is 56.3 Å². The molecule has 9 heteroatoms. The van der Waals surface area contributed by atoms with Crippen LogP contribution in [0.1, 0.15) is 27.0 Å². The Morgan fingerprint density at radius 3 is 2.57 bits per heavy atom. The molecule has 0 radical (unpaired) electrons. The fourth-order valence-corrected chi connectivity index (χ4v) is 3.67. The predicted octanol–water partition coefficient (Wildman–Crippen LogP) is 2.06. The number of hydrogen-bond donors (Lipinski definition) is 3. The van der Waals surface area contributed by atoms with Crippen LogP contribution in [0.5, 0.6) is 0 Å². The van der Waals surface area contributed by atoms with Crippen molar-refractivity contribution in [3.63, 3.8) is 0 Å². The van der Waals surface area contributed by atoms with E-state index in [0.717, 1.165) is 0 Å². The molecule has 148 valence electrons. The molecule has 0 fully saturated rings. The summed E-state index contributed by atoms with van der Waals surface area (Å²) in [5, 5.41) is 14.6. The number of amides is 1. The summed E-state index contributed by atoms with van der Waals surface area (Å²) in [5.41, 5.74) is 1.72. The number of hydrogen-bond acceptors (Lipinski definition) is 5. The number of carbonyl (C=O) groups excluding carboxylic acids is 1. The molecule has 0 aliphatic carbocycles. The van der Waals surface area contributed by atoms with Crippen LogP contribution in [0.4, 0.5) is 10.1 Å². The van der Waals surface area contributed by atoms with E-state index in [4.69, 9.17) is 5.26 Å². The van der Waals surface area contributed by atoms with Gasteiger partial charge in [-0.2, -0.15) is 5.26 Å². The molecular weight excluding hydrogens is 383 g/mol. The van der Waals surface area contributed by atoms with Gasteiger partial charge in [0.05, 0.1) is 10.6 Å². The molecule has 2 aromatic carbocycles. The summed E-state index contributed by atoms with van der Waals surface area (Å²) < 4.78 is 40.1. The van der Waals surface area contributed by atoms with Gasteiger partial charge in [0.25, 0.3) is 5.91 Å². The van der Waals surface area contributed by atoms with Gasteiger partial charge in [-0.15, -0.1) is 0 Å². The molecule has 0 aromatic heterocycles. The van der Waals surface area contributed by atoms with Gasteiger partial charge in [0, 0.05) is 18.7 Å². The molecule has 0 aliphatic heterocycles. The molecular formula is C19H21FN4O3S. The summed E-state index contributed by atoms with van der Waals surface area (Å²) >= 11 is 0. The fourth-order valence-electron chi connectivity index (χ4n) is 2.61. The first-order valence-corrected chi connectivity index (χ1v) is 9.95. The minimum absolute atomic E-state index is 0.0525. The highest BCUT2D eigenvalue weighted by Gasteiger charge is 2.19. The lowest BCUT2D eigenvalue weighted by atomic mass is 10.1. The molecule has 0 atom stereocenters. The second kappa shape index (κ2) is 8.82. The Morgan fingerprint density at radius 2 is 1.93 bits per heavy atom. The number of benzene rings is 2. The minimum Gasteiger partial charge on any atom is -0.382 e. The molecule has 2 aromatic rings. The van der Waals surface area contributed by atoms with Crippen molar-refractivity contribution >= 4 is 21.6 Å². The Bertz CT molecular complexity index is 1050. The number of anilines is 1. The van der Waals surface area contributed by atoms with Crippen molar-refractivity contribution in [2.45, 2.75) is 18.7 Å². The van der Waals surface area contributed by atoms with Crippen molar-refractivity contribution in [2.24, 2.45) is 0 Å². The normalized spacial score (nSPS) is 11.0. The lowest BCUT2D eigenvalue weighted by molar-refractivity contribution is 0.0955. The first-order valence-electron chi connectivity index (χ1n) is 8.46. The maximum absolute atomic E-state index is 13.6. The predicted molar refractivity (Wildman–Crippen MR) is 104 cm³/mol. The van der Waals surface area contributed by atoms with Crippen LogP contribution in [0.2, 0.25) is 0 Å². The average molecular weight is 404 g/mol. The van der Waals surface area contributed by atoms with Gasteiger partial charge in [0.15, 0.2) is 0 Å². The van der Waals surface area contributed by atoms with Crippen molar-refractivity contribution in [3.05, 3.63) is 58.4 Å². The van der Waals surface area contributed by atoms with E-state index in [1.807, 2.05) is 0 Å². The third-order valence-electron chi connectivity index (χ3n) is 4.29. The first-order chi connectivity index (χ1) is 13.2. The summed E-state index contributed by atoms with van der Waals surface area (Å²) in [6.07, 6.45) is 0. The van der Waals surface area contributed by atoms with Crippen LogP contribution < -0.4 is 15.4 Å². The van der Waals surface area contributed by atoms with Crippen LogP contribution in [0.15, 0.2) is 35.2 Å². The van der Waals surface area contributed by atoms with Crippen LogP contribution in [-0.2, 0) is 10.0 Å². The number of rotatable bonds is 7. The highest BCUT2D eigenvalue weighted by Crippen LogP contribution is 2.21. The lowest BCUT2D eigenvalue weighted by Gasteiger charge is -2.13. The smallest absolute Gasteiger partial charge is 0.251 e. The van der Waals surface area contributed by atoms with Crippen LogP contribution in [0, 0.1) is 31.0 Å². The Balaban J connectivity index is 2.07. The largest absolute Gasteiger partial charge is 0.382 e. The van der Waals surface area contributed by atoms with Crippen LogP contribution in [-0.4, -0.2) is 34.5 Å². The topological polar surface area (TPSA) is 111 Å². The standard InChI is InChI=1S/C19H21FN4O3S/c1-12-9-14(10-18(13(12)2)28(26,27)22-3)19(25)24-8-7-23-17-6-4-5-16(20)15(17)11-21/h4-6,9-10,22-23H,7-8H2,1-3H3,(H,24,25). The Hall–Kier alpha value is -2.96. The van der Waals surface area contributed by atoms with E-state index in [2.05, 4.69) is 15.4 Å². The van der Waals surface area contributed by atoms with E-state index in [9.17, 15) is 17.6 Å². The molecule has 0 aliphatic rings. The van der Waals surface area contributed by atoms with Crippen molar-refractivity contribution in [3.8, 4) is 6.07 Å². The Morgan fingerprint density at radius 1 is 1.21 bits per heavy atom. The molecule has 0 spiro atoms. The van der Waals surface area contributed by atoms with E-state index >= 15 is 0 Å². The Kier molecular flexibility index (Phi) is 6.72. The maximum Gasteiger partial charge on any atom is 0.251 e. The van der Waals surface area contributed by atoms with Crippen molar-refractivity contribution < 1.29 is 17.6 Å². The molecule has 0 unspecified atom stereocenters. The number of nitrogens with one attached hydrogen (secondary N) is 3. The fraction of sp³-hybridized carbons (Fsp3) is 0.263. The van der Waals surface area contributed by atoms with Gasteiger partial charge in [0.1, 0.15) is 17.4 Å². The molecule has 0 heterocycles. The molecule has 0 saturated carbocycles. The summed E-state index contributed by atoms with van der Waals surface area (Å²) in [5.74, 6) is -1.05. The second-order valence-electron chi connectivity index (χ2n) is 6.08. The van der Waals surface area contributed by atoms with Gasteiger partial charge >= 0.3 is 0 Å². The van der Waals surface area contributed by atoms with Gasteiger partial charge in [0.2, 0.25) is 10.0 Å². The third-order valence-corrected chi connectivity index (χ3v) is 5.83. The second-order valence-corrected chi connectivity index (χ2v) is 7.94. The zero-order valence-corrected chi connectivity index (χ0v) is 16.6. The SMILES string of the molecule is CNS(=O)(=O)c1cc(C(=O)NCCNc2cccc(F)c2C#N)cc(C)c1C. The number of nitrogens with zero attached hydrogens (tertiary/aromatic N) is 1. The van der Waals surface area contributed by atoms with Crippen molar-refractivity contribution in [1.82, 2.24) is 10.0 Å². The summed E-state index contributed by atoms with van der Waals surface area (Å²) in [4.78, 5) is 12.5. The monoisotopic (exact) mass is 404 g/mol. The third kappa shape index (κ3) is 4.65. The first kappa shape index (κ1) is 21.3. The van der Waals surface area contributed by atoms with E-state index < -0.39 is 21.7 Å². The molecule has 28 heavy (non-hydrogen) atoms. The zero-order chi connectivity index (χ0) is 20.9. The van der Waals surface area contributed by atoms with Gasteiger partial charge in [-0.25, -0.2) is 17.5 Å². The van der Waals surface area contributed by atoms with Gasteiger partial charge < -0.3 is 10.6 Å². The average Bonchev–Trinajstić information content (AvgIpc) is 2.66. The summed E-state index contributed by atoms with van der Waals surface area (Å²) in [6.45, 7) is 3.87. The lowest BCUT2D eigenvalue weighted by Crippen LogP contribution is -2.29. The van der Waals surface area contributed by atoms with Crippen LogP contribution in [0.3, 0.4) is 0 Å². The quantitative estimate of drug-likeness (QED) is 0.612. The highest BCUT2D eigenvalue weighted by molar-refractivity contribution is 7.89. The van der Waals surface area contributed by atoms with E-state index in [0.29, 0.717) is 16.8 Å². The number of nitriles is 1. The number of sulfonamides is 1. The number of carbonyl (C=O) groups is 1. The molecule has 2 rings (SSSR count). The summed E-state index contributed by atoms with van der Waals surface area (Å²) in [6, 6.07) is 8.99. The van der Waals surface area contributed by atoms with E-state index in [1.54, 1.807) is 32.0 Å². The van der Waals surface area contributed by atoms with Gasteiger partial charge in [-0.3, -0.25) is 4.79 Å². The molecule has 7 nitrogen and oxygen atoms in total.